The quantitative estimate of drug-likeness (QED) is 0.174. The van der Waals surface area contributed by atoms with Crippen LogP contribution in [0.1, 0.15) is 117 Å². The van der Waals surface area contributed by atoms with Gasteiger partial charge in [0.05, 0.1) is 0 Å². The predicted molar refractivity (Wildman–Crippen MR) is 112 cm³/mol. The van der Waals surface area contributed by atoms with Gasteiger partial charge in [0.2, 0.25) is 0 Å². The van der Waals surface area contributed by atoms with Crippen LogP contribution in [0.15, 0.2) is 12.2 Å². The Morgan fingerprint density at radius 3 is 1.67 bits per heavy atom. The molecule has 0 rings (SSSR count). The van der Waals surface area contributed by atoms with Gasteiger partial charge in [-0.25, -0.2) is 0 Å². The summed E-state index contributed by atoms with van der Waals surface area (Å²) in [4.78, 5) is 0. The maximum atomic E-state index is 3.91. The summed E-state index contributed by atoms with van der Waals surface area (Å²) < 4.78 is 0. The van der Waals surface area contributed by atoms with Crippen molar-refractivity contribution in [2.24, 2.45) is 11.8 Å². The Bertz CT molecular complexity index is 251. The van der Waals surface area contributed by atoms with Crippen LogP contribution in [0.3, 0.4) is 0 Å². The molecule has 142 valence electrons. The Balaban J connectivity index is 3.56. The maximum absolute atomic E-state index is 3.91. The van der Waals surface area contributed by atoms with Crippen molar-refractivity contribution in [1.82, 2.24) is 0 Å². The summed E-state index contributed by atoms with van der Waals surface area (Å²) in [6.45, 7) is 12.6. The van der Waals surface area contributed by atoms with Gasteiger partial charge in [0.15, 0.2) is 0 Å². The molecule has 0 aromatic rings. The summed E-state index contributed by atoms with van der Waals surface area (Å²) in [5, 5.41) is 0. The van der Waals surface area contributed by atoms with E-state index in [2.05, 4.69) is 39.8 Å². The third kappa shape index (κ3) is 16.6. The van der Waals surface area contributed by atoms with Gasteiger partial charge in [-0.1, -0.05) is 117 Å². The summed E-state index contributed by atoms with van der Waals surface area (Å²) in [6, 6.07) is 0. The van der Waals surface area contributed by atoms with E-state index in [9.17, 15) is 0 Å². The molecular weight excluding hydrogens is 288 g/mol. The van der Waals surface area contributed by atoms with Crippen molar-refractivity contribution < 1.29 is 0 Å². The highest BCUT2D eigenvalue weighted by molar-refractivity contribution is 4.82. The highest BCUT2D eigenvalue weighted by Gasteiger charge is 2.11. The van der Waals surface area contributed by atoms with Crippen LogP contribution in [0.4, 0.5) is 0 Å². The Kier molecular flexibility index (Phi) is 18.9. The number of hydrogen-bond donors (Lipinski definition) is 0. The van der Waals surface area contributed by atoms with Gasteiger partial charge < -0.3 is 0 Å². The van der Waals surface area contributed by atoms with Crippen molar-refractivity contribution in [2.45, 2.75) is 117 Å². The first kappa shape index (κ1) is 23.7. The van der Waals surface area contributed by atoms with Crippen LogP contribution < -0.4 is 0 Å². The molecule has 0 saturated heterocycles. The summed E-state index contributed by atoms with van der Waals surface area (Å²) in [6.07, 6.45) is 26.3. The van der Waals surface area contributed by atoms with Crippen LogP contribution in [0, 0.1) is 25.7 Å². The van der Waals surface area contributed by atoms with Gasteiger partial charge in [-0.05, 0) is 37.5 Å². The molecule has 0 aliphatic rings. The topological polar surface area (TPSA) is 0 Å². The molecule has 0 aliphatic heterocycles. The normalized spacial score (nSPS) is 13.2. The Hall–Kier alpha value is -0.260. The van der Waals surface area contributed by atoms with E-state index in [0.717, 1.165) is 24.7 Å². The minimum absolute atomic E-state index is 0.840. The first-order chi connectivity index (χ1) is 11.7. The molecule has 0 aromatic heterocycles. The molecule has 1 atom stereocenters. The lowest BCUT2D eigenvalue weighted by Gasteiger charge is -2.20. The number of allylic oxidation sites excluding steroid dienone is 2. The highest BCUT2D eigenvalue weighted by atomic mass is 14.2. The molecule has 24 heavy (non-hydrogen) atoms. The molecule has 0 heterocycles. The fourth-order valence-corrected chi connectivity index (χ4v) is 3.44. The third-order valence-corrected chi connectivity index (χ3v) is 5.26. The molecule has 0 saturated carbocycles. The van der Waals surface area contributed by atoms with Crippen molar-refractivity contribution in [3.8, 4) is 0 Å². The zero-order valence-electron chi connectivity index (χ0n) is 17.0. The number of hydrogen-bond acceptors (Lipinski definition) is 0. The van der Waals surface area contributed by atoms with Crippen molar-refractivity contribution in [3.05, 3.63) is 26.0 Å². The maximum Gasteiger partial charge on any atom is -0.0348 e. The van der Waals surface area contributed by atoms with E-state index < -0.39 is 0 Å². The van der Waals surface area contributed by atoms with E-state index in [1.807, 2.05) is 0 Å². The first-order valence-corrected chi connectivity index (χ1v) is 11.0. The average molecular weight is 335 g/mol. The van der Waals surface area contributed by atoms with Gasteiger partial charge >= 0.3 is 0 Å². The Morgan fingerprint density at radius 2 is 1.08 bits per heavy atom. The van der Waals surface area contributed by atoms with Gasteiger partial charge in [0.25, 0.3) is 0 Å². The highest BCUT2D eigenvalue weighted by Crippen LogP contribution is 2.24. The standard InChI is InChI=1S/C24H46/c1-5-7-9-11-13-14-16-18-20-22-24(23(3)4)21-19-17-15-12-10-8-6-2/h15,17,23-24H,1-2,5-14,16,18-22H2,3-4H3. The lowest BCUT2D eigenvalue weighted by atomic mass is 9.86. The fourth-order valence-electron chi connectivity index (χ4n) is 3.44. The molecule has 2 radical (unpaired) electrons. The van der Waals surface area contributed by atoms with Gasteiger partial charge in [-0.2, -0.15) is 0 Å². The molecule has 0 N–H and O–H groups in total. The lowest BCUT2D eigenvalue weighted by Crippen LogP contribution is -2.08. The van der Waals surface area contributed by atoms with E-state index in [1.54, 1.807) is 0 Å². The molecule has 0 amide bonds. The predicted octanol–water partition coefficient (Wildman–Crippen LogP) is 8.72. The third-order valence-electron chi connectivity index (χ3n) is 5.26. The minimum Gasteiger partial charge on any atom is -0.0885 e. The summed E-state index contributed by atoms with van der Waals surface area (Å²) in [5.74, 6) is 1.76. The molecule has 0 bridgehead atoms. The van der Waals surface area contributed by atoms with Crippen LogP contribution in [0.25, 0.3) is 0 Å². The van der Waals surface area contributed by atoms with Gasteiger partial charge in [0.1, 0.15) is 0 Å². The van der Waals surface area contributed by atoms with Crippen molar-refractivity contribution in [3.63, 3.8) is 0 Å². The molecular formula is C24H46. The summed E-state index contributed by atoms with van der Waals surface area (Å²) in [7, 11) is 0. The van der Waals surface area contributed by atoms with Gasteiger partial charge in [-0.15, -0.1) is 0 Å². The van der Waals surface area contributed by atoms with E-state index in [4.69, 9.17) is 0 Å². The number of unbranched alkanes of at least 4 members (excludes halogenated alkanes) is 11. The van der Waals surface area contributed by atoms with E-state index in [-0.39, 0.29) is 0 Å². The second-order valence-electron chi connectivity index (χ2n) is 7.87. The van der Waals surface area contributed by atoms with Crippen LogP contribution in [0.5, 0.6) is 0 Å². The first-order valence-electron chi connectivity index (χ1n) is 11.0. The molecule has 0 fully saturated rings. The second kappa shape index (κ2) is 19.1. The average Bonchev–Trinajstić information content (AvgIpc) is 2.57. The summed E-state index contributed by atoms with van der Waals surface area (Å²) in [5.41, 5.74) is 0. The molecule has 0 aliphatic carbocycles. The van der Waals surface area contributed by atoms with Gasteiger partial charge in [-0.3, -0.25) is 0 Å². The van der Waals surface area contributed by atoms with E-state index >= 15 is 0 Å². The van der Waals surface area contributed by atoms with Gasteiger partial charge in [0, 0.05) is 0 Å². The fraction of sp³-hybridized carbons (Fsp3) is 0.833. The molecule has 0 aromatic carbocycles. The van der Waals surface area contributed by atoms with E-state index in [1.165, 1.54) is 89.9 Å². The Morgan fingerprint density at radius 1 is 0.583 bits per heavy atom. The van der Waals surface area contributed by atoms with Crippen LogP contribution in [-0.2, 0) is 0 Å². The summed E-state index contributed by atoms with van der Waals surface area (Å²) >= 11 is 0. The van der Waals surface area contributed by atoms with Crippen molar-refractivity contribution in [1.29, 1.82) is 0 Å². The minimum atomic E-state index is 0.840. The van der Waals surface area contributed by atoms with E-state index in [0.29, 0.717) is 0 Å². The smallest absolute Gasteiger partial charge is 0.0348 e. The molecule has 0 nitrogen and oxygen atoms in total. The molecule has 1 unspecified atom stereocenters. The van der Waals surface area contributed by atoms with Crippen molar-refractivity contribution in [2.75, 3.05) is 0 Å². The largest absolute Gasteiger partial charge is 0.0885 e. The lowest BCUT2D eigenvalue weighted by molar-refractivity contribution is 0.326. The van der Waals surface area contributed by atoms with Crippen LogP contribution >= 0.6 is 0 Å². The molecule has 0 spiro atoms. The molecule has 0 heteroatoms. The zero-order valence-corrected chi connectivity index (χ0v) is 17.0. The van der Waals surface area contributed by atoms with Crippen LogP contribution in [-0.4, -0.2) is 0 Å². The Labute approximate surface area is 154 Å². The number of rotatable bonds is 18. The SMILES string of the molecule is [CH2]CCCCC=CCCC(CCCCCCCCCC[CH2])C(C)C. The second-order valence-corrected chi connectivity index (χ2v) is 7.87. The van der Waals surface area contributed by atoms with Crippen molar-refractivity contribution >= 4 is 0 Å². The van der Waals surface area contributed by atoms with Crippen LogP contribution in [0.2, 0.25) is 0 Å². The zero-order chi connectivity index (χ0) is 17.9. The monoisotopic (exact) mass is 334 g/mol.